The molecule has 1 amide bonds. The predicted octanol–water partition coefficient (Wildman–Crippen LogP) is 2.60. The normalized spacial score (nSPS) is 22.2. The summed E-state index contributed by atoms with van der Waals surface area (Å²) >= 11 is 1.51. The topological polar surface area (TPSA) is 123 Å². The van der Waals surface area contributed by atoms with E-state index in [4.69, 9.17) is 21.2 Å². The monoisotopic (exact) mass is 481 g/mol. The lowest BCUT2D eigenvalue weighted by atomic mass is 9.83. The van der Waals surface area contributed by atoms with Crippen molar-refractivity contribution in [3.8, 4) is 5.88 Å². The highest BCUT2D eigenvalue weighted by Crippen LogP contribution is 2.39. The number of thioether (sulfide) groups is 1. The van der Waals surface area contributed by atoms with E-state index in [2.05, 4.69) is 33.9 Å². The number of allylic oxidation sites excluding steroid dienone is 2. The van der Waals surface area contributed by atoms with Crippen molar-refractivity contribution in [2.24, 2.45) is 11.1 Å². The van der Waals surface area contributed by atoms with Crippen LogP contribution in [-0.2, 0) is 11.4 Å². The molecule has 4 N–H and O–H groups in total. The standard InChI is InChI=1S/C24H31N7O2S/c1-24(22(26)32)8-4-18(5-9-24)34-19-13-28-23(31-11-7-17(14-31)30(2)3)29-21(19)33-15-16-6-10-27-20(25)12-16/h4-6,8,10,12-13,17H,7,9,11,14-15H2,1-3H3,(H2,25,27)(H2,26,32)/t17-,24?/m1/s1. The number of primary amides is 1. The van der Waals surface area contributed by atoms with Crippen molar-refractivity contribution >= 4 is 29.4 Å². The Morgan fingerprint density at radius 3 is 2.85 bits per heavy atom. The van der Waals surface area contributed by atoms with Crippen molar-refractivity contribution in [3.05, 3.63) is 53.2 Å². The molecular formula is C24H31N7O2S. The molecule has 2 aliphatic rings. The van der Waals surface area contributed by atoms with E-state index in [1.54, 1.807) is 12.3 Å². The summed E-state index contributed by atoms with van der Waals surface area (Å²) in [6.07, 6.45) is 10.9. The number of ether oxygens (including phenoxy) is 1. The van der Waals surface area contributed by atoms with Crippen molar-refractivity contribution < 1.29 is 9.53 Å². The van der Waals surface area contributed by atoms with Gasteiger partial charge in [-0.2, -0.15) is 4.98 Å². The third-order valence-corrected chi connectivity index (χ3v) is 7.28. The van der Waals surface area contributed by atoms with Crippen molar-refractivity contribution in [3.63, 3.8) is 0 Å². The SMILES string of the molecule is CN(C)[C@@H]1CCN(c2ncc(SC3=CCC(C)(C(N)=O)C=C3)c(OCc3ccnc(N)c3)n2)C1. The number of likely N-dealkylation sites (N-methyl/N-ethyl adjacent to an activating group) is 1. The summed E-state index contributed by atoms with van der Waals surface area (Å²) in [7, 11) is 4.19. The first-order chi connectivity index (χ1) is 16.2. The molecule has 180 valence electrons. The van der Waals surface area contributed by atoms with E-state index in [0.717, 1.165) is 34.9 Å². The predicted molar refractivity (Wildman–Crippen MR) is 134 cm³/mol. The van der Waals surface area contributed by atoms with Gasteiger partial charge in [-0.25, -0.2) is 9.97 Å². The molecule has 0 spiro atoms. The zero-order valence-electron chi connectivity index (χ0n) is 19.8. The van der Waals surface area contributed by atoms with Gasteiger partial charge in [0.2, 0.25) is 17.7 Å². The van der Waals surface area contributed by atoms with E-state index < -0.39 is 5.41 Å². The molecule has 1 unspecified atom stereocenters. The quantitative estimate of drug-likeness (QED) is 0.585. The molecule has 1 fully saturated rings. The van der Waals surface area contributed by atoms with E-state index >= 15 is 0 Å². The van der Waals surface area contributed by atoms with Gasteiger partial charge in [0.1, 0.15) is 12.4 Å². The molecule has 0 saturated carbocycles. The number of hydrogen-bond donors (Lipinski definition) is 2. The number of nitrogens with two attached hydrogens (primary N) is 2. The molecule has 2 aromatic heterocycles. The number of carbonyl (C=O) groups excluding carboxylic acids is 1. The fourth-order valence-corrected chi connectivity index (χ4v) is 4.71. The third kappa shape index (κ3) is 5.51. The lowest BCUT2D eigenvalue weighted by molar-refractivity contribution is -0.124. The van der Waals surface area contributed by atoms with Gasteiger partial charge in [0.15, 0.2) is 0 Å². The molecule has 1 aliphatic carbocycles. The fraction of sp³-hybridized carbons (Fsp3) is 0.417. The van der Waals surface area contributed by atoms with Gasteiger partial charge in [-0.15, -0.1) is 0 Å². The van der Waals surface area contributed by atoms with Crippen molar-refractivity contribution in [2.75, 3.05) is 37.8 Å². The second-order valence-electron chi connectivity index (χ2n) is 9.10. The molecule has 3 heterocycles. The smallest absolute Gasteiger partial charge is 0.232 e. The molecule has 4 rings (SSSR count). The first-order valence-electron chi connectivity index (χ1n) is 11.2. The van der Waals surface area contributed by atoms with Gasteiger partial charge in [-0.3, -0.25) is 4.79 Å². The Labute approximate surface area is 204 Å². The van der Waals surface area contributed by atoms with Crippen LogP contribution in [0.1, 0.15) is 25.3 Å². The summed E-state index contributed by atoms with van der Waals surface area (Å²) in [5.74, 6) is 1.28. The van der Waals surface area contributed by atoms with Crippen LogP contribution >= 0.6 is 11.8 Å². The molecule has 1 saturated heterocycles. The number of hydrogen-bond acceptors (Lipinski definition) is 9. The van der Waals surface area contributed by atoms with Gasteiger partial charge >= 0.3 is 0 Å². The van der Waals surface area contributed by atoms with Crippen molar-refractivity contribution in [1.29, 1.82) is 0 Å². The molecule has 0 bridgehead atoms. The molecule has 34 heavy (non-hydrogen) atoms. The Kier molecular flexibility index (Phi) is 7.08. The summed E-state index contributed by atoms with van der Waals surface area (Å²) in [6, 6.07) is 4.12. The Hall–Kier alpha value is -3.11. The minimum Gasteiger partial charge on any atom is -0.472 e. The molecule has 2 aromatic rings. The Morgan fingerprint density at radius 1 is 1.38 bits per heavy atom. The average Bonchev–Trinajstić information content (AvgIpc) is 3.31. The van der Waals surface area contributed by atoms with Crippen LogP contribution in [0, 0.1) is 5.41 Å². The average molecular weight is 482 g/mol. The van der Waals surface area contributed by atoms with Crippen LogP contribution in [-0.4, -0.2) is 59.0 Å². The minimum absolute atomic E-state index is 0.311. The molecule has 2 atom stereocenters. The first-order valence-corrected chi connectivity index (χ1v) is 12.0. The van der Waals surface area contributed by atoms with E-state index in [0.29, 0.717) is 36.7 Å². The molecule has 1 aliphatic heterocycles. The third-order valence-electron chi connectivity index (χ3n) is 6.24. The maximum Gasteiger partial charge on any atom is 0.232 e. The van der Waals surface area contributed by atoms with Crippen LogP contribution < -0.4 is 21.1 Å². The van der Waals surface area contributed by atoms with E-state index in [9.17, 15) is 4.79 Å². The van der Waals surface area contributed by atoms with Crippen LogP contribution in [0.2, 0.25) is 0 Å². The maximum absolute atomic E-state index is 11.7. The highest BCUT2D eigenvalue weighted by atomic mass is 32.2. The summed E-state index contributed by atoms with van der Waals surface area (Å²) in [6.45, 7) is 3.92. The number of nitrogens with zero attached hydrogens (tertiary/aromatic N) is 5. The first kappa shape index (κ1) is 24.0. The number of carbonyl (C=O) groups is 1. The lowest BCUT2D eigenvalue weighted by Gasteiger charge is -2.24. The lowest BCUT2D eigenvalue weighted by Crippen LogP contribution is -2.33. The van der Waals surface area contributed by atoms with Crippen LogP contribution in [0.5, 0.6) is 5.88 Å². The van der Waals surface area contributed by atoms with Crippen molar-refractivity contribution in [2.45, 2.75) is 37.3 Å². The summed E-state index contributed by atoms with van der Waals surface area (Å²) in [5, 5.41) is 0. The Balaban J connectivity index is 1.55. The summed E-state index contributed by atoms with van der Waals surface area (Å²) in [4.78, 5) is 31.4. The van der Waals surface area contributed by atoms with E-state index in [1.807, 2.05) is 37.4 Å². The zero-order valence-corrected chi connectivity index (χ0v) is 20.6. The molecule has 0 aromatic carbocycles. The van der Waals surface area contributed by atoms with E-state index in [1.165, 1.54) is 11.8 Å². The largest absolute Gasteiger partial charge is 0.472 e. The molecular weight excluding hydrogens is 450 g/mol. The van der Waals surface area contributed by atoms with Gasteiger partial charge in [0.05, 0.1) is 16.5 Å². The van der Waals surface area contributed by atoms with Gasteiger partial charge in [0.25, 0.3) is 0 Å². The molecule has 9 nitrogen and oxygen atoms in total. The molecule has 10 heteroatoms. The van der Waals surface area contributed by atoms with Crippen LogP contribution in [0.15, 0.2) is 52.6 Å². The highest BCUT2D eigenvalue weighted by molar-refractivity contribution is 8.03. The number of amides is 1. The maximum atomic E-state index is 11.7. The van der Waals surface area contributed by atoms with Gasteiger partial charge in [-0.05, 0) is 51.6 Å². The molecule has 0 radical (unpaired) electrons. The number of rotatable bonds is 8. The highest BCUT2D eigenvalue weighted by Gasteiger charge is 2.30. The Morgan fingerprint density at radius 2 is 2.21 bits per heavy atom. The number of aromatic nitrogens is 3. The van der Waals surface area contributed by atoms with Gasteiger partial charge in [0, 0.05) is 30.2 Å². The van der Waals surface area contributed by atoms with E-state index in [-0.39, 0.29) is 5.91 Å². The number of nitrogen functional groups attached to an aromatic ring is 1. The minimum atomic E-state index is -0.663. The van der Waals surface area contributed by atoms with Gasteiger partial charge in [-0.1, -0.05) is 30.0 Å². The summed E-state index contributed by atoms with van der Waals surface area (Å²) < 4.78 is 6.16. The van der Waals surface area contributed by atoms with Crippen LogP contribution in [0.25, 0.3) is 0 Å². The second kappa shape index (κ2) is 10.0. The zero-order chi connectivity index (χ0) is 24.3. The van der Waals surface area contributed by atoms with Crippen molar-refractivity contribution in [1.82, 2.24) is 19.9 Å². The summed E-state index contributed by atoms with van der Waals surface area (Å²) in [5.41, 5.74) is 11.6. The van der Waals surface area contributed by atoms with Crippen LogP contribution in [0.3, 0.4) is 0 Å². The van der Waals surface area contributed by atoms with Gasteiger partial charge < -0.3 is 26.0 Å². The number of pyridine rings is 1. The fourth-order valence-electron chi connectivity index (χ4n) is 3.85. The number of anilines is 2. The second-order valence-corrected chi connectivity index (χ2v) is 10.2. The van der Waals surface area contributed by atoms with Crippen LogP contribution in [0.4, 0.5) is 11.8 Å². The Bertz CT molecular complexity index is 1120.